The van der Waals surface area contributed by atoms with Gasteiger partial charge >= 0.3 is 0 Å². The van der Waals surface area contributed by atoms with Crippen molar-refractivity contribution in [2.75, 3.05) is 0 Å². The van der Waals surface area contributed by atoms with Crippen molar-refractivity contribution >= 4 is 5.78 Å². The molecule has 4 rings (SSSR count). The van der Waals surface area contributed by atoms with Gasteiger partial charge in [-0.3, -0.25) is 4.79 Å². The number of carbonyl (C=O) groups excluding carboxylic acids is 1. The fourth-order valence-corrected chi connectivity index (χ4v) is 4.62. The Morgan fingerprint density at radius 1 is 0.810 bits per heavy atom. The third kappa shape index (κ3) is 2.12. The Morgan fingerprint density at radius 2 is 1.43 bits per heavy atom. The Balaban J connectivity index is 1.71. The summed E-state index contributed by atoms with van der Waals surface area (Å²) in [6.07, 6.45) is 3.77. The maximum atomic E-state index is 13.0. The van der Waals surface area contributed by atoms with Crippen molar-refractivity contribution in [2.24, 2.45) is 17.8 Å². The van der Waals surface area contributed by atoms with E-state index in [9.17, 15) is 4.79 Å². The van der Waals surface area contributed by atoms with E-state index in [2.05, 4.69) is 30.3 Å². The quantitative estimate of drug-likeness (QED) is 0.743. The lowest BCUT2D eigenvalue weighted by atomic mass is 9.72. The summed E-state index contributed by atoms with van der Waals surface area (Å²) in [7, 11) is 0. The van der Waals surface area contributed by atoms with Gasteiger partial charge in [0.2, 0.25) is 0 Å². The molecule has 2 bridgehead atoms. The lowest BCUT2D eigenvalue weighted by Gasteiger charge is -2.30. The fourth-order valence-electron chi connectivity index (χ4n) is 4.62. The monoisotopic (exact) mass is 276 g/mol. The molecule has 0 radical (unpaired) electrons. The van der Waals surface area contributed by atoms with Crippen molar-refractivity contribution in [1.29, 1.82) is 0 Å². The molecule has 2 saturated carbocycles. The summed E-state index contributed by atoms with van der Waals surface area (Å²) in [5, 5.41) is 0. The highest BCUT2D eigenvalue weighted by Gasteiger charge is 2.50. The molecular weight excluding hydrogens is 256 g/mol. The van der Waals surface area contributed by atoms with Crippen LogP contribution in [0.3, 0.4) is 0 Å². The van der Waals surface area contributed by atoms with E-state index in [1.165, 1.54) is 24.8 Å². The lowest BCUT2D eigenvalue weighted by molar-refractivity contribution is 0.0853. The molecule has 2 aliphatic carbocycles. The van der Waals surface area contributed by atoms with Crippen LogP contribution < -0.4 is 0 Å². The number of hydrogen-bond donors (Lipinski definition) is 0. The van der Waals surface area contributed by atoms with Crippen LogP contribution in [-0.4, -0.2) is 5.78 Å². The van der Waals surface area contributed by atoms with Crippen LogP contribution in [0, 0.1) is 17.8 Å². The van der Waals surface area contributed by atoms with Gasteiger partial charge in [0.05, 0.1) is 0 Å². The highest BCUT2D eigenvalue weighted by molar-refractivity contribution is 5.99. The third-order valence-corrected chi connectivity index (χ3v) is 5.46. The van der Waals surface area contributed by atoms with Gasteiger partial charge in [-0.1, -0.05) is 60.7 Å². The zero-order chi connectivity index (χ0) is 14.2. The molecule has 21 heavy (non-hydrogen) atoms. The highest BCUT2D eigenvalue weighted by atomic mass is 16.1. The molecule has 0 saturated heterocycles. The molecule has 0 spiro atoms. The van der Waals surface area contributed by atoms with Crippen molar-refractivity contribution < 1.29 is 4.79 Å². The van der Waals surface area contributed by atoms with E-state index < -0.39 is 0 Å². The number of ketones is 1. The minimum absolute atomic E-state index is 0.188. The van der Waals surface area contributed by atoms with Gasteiger partial charge in [0.25, 0.3) is 0 Å². The topological polar surface area (TPSA) is 17.1 Å². The van der Waals surface area contributed by atoms with Crippen LogP contribution in [0.25, 0.3) is 0 Å². The van der Waals surface area contributed by atoms with Crippen molar-refractivity contribution in [2.45, 2.75) is 25.2 Å². The van der Waals surface area contributed by atoms with Gasteiger partial charge in [-0.25, -0.2) is 0 Å². The summed E-state index contributed by atoms with van der Waals surface area (Å²) in [4.78, 5) is 13.0. The highest BCUT2D eigenvalue weighted by Crippen LogP contribution is 2.57. The van der Waals surface area contributed by atoms with Crippen molar-refractivity contribution in [3.05, 3.63) is 71.8 Å². The van der Waals surface area contributed by atoms with E-state index in [-0.39, 0.29) is 5.92 Å². The second-order valence-corrected chi connectivity index (χ2v) is 6.53. The van der Waals surface area contributed by atoms with Crippen LogP contribution in [0.5, 0.6) is 0 Å². The Labute approximate surface area is 126 Å². The van der Waals surface area contributed by atoms with Crippen molar-refractivity contribution in [1.82, 2.24) is 0 Å². The second kappa shape index (κ2) is 5.14. The molecule has 0 unspecified atom stereocenters. The van der Waals surface area contributed by atoms with Gasteiger partial charge in [-0.2, -0.15) is 0 Å². The fraction of sp³-hybridized carbons (Fsp3) is 0.350. The number of Topliss-reactive ketones (excluding diaryl/α,β-unsaturated/α-hetero) is 1. The number of benzene rings is 2. The normalized spacial score (nSPS) is 30.5. The molecule has 0 heterocycles. The van der Waals surface area contributed by atoms with Crippen LogP contribution in [0.2, 0.25) is 0 Å². The molecule has 0 amide bonds. The first-order chi connectivity index (χ1) is 10.3. The zero-order valence-corrected chi connectivity index (χ0v) is 12.1. The molecule has 0 aliphatic heterocycles. The summed E-state index contributed by atoms with van der Waals surface area (Å²) in [5.41, 5.74) is 2.25. The number of rotatable bonds is 3. The van der Waals surface area contributed by atoms with Crippen LogP contribution in [-0.2, 0) is 0 Å². The molecule has 1 heteroatoms. The Hall–Kier alpha value is -1.89. The molecule has 0 aromatic heterocycles. The molecule has 0 N–H and O–H groups in total. The van der Waals surface area contributed by atoms with Crippen LogP contribution in [0.15, 0.2) is 60.7 Å². The minimum atomic E-state index is 0.188. The van der Waals surface area contributed by atoms with E-state index in [4.69, 9.17) is 0 Å². The molecule has 4 atom stereocenters. The second-order valence-electron chi connectivity index (χ2n) is 6.53. The van der Waals surface area contributed by atoms with Gasteiger partial charge in [0, 0.05) is 11.5 Å². The summed E-state index contributed by atoms with van der Waals surface area (Å²) in [6, 6.07) is 20.5. The minimum Gasteiger partial charge on any atom is -0.294 e. The Bertz CT molecular complexity index is 631. The average molecular weight is 276 g/mol. The predicted molar refractivity (Wildman–Crippen MR) is 84.3 cm³/mol. The summed E-state index contributed by atoms with van der Waals surface area (Å²) in [5.74, 6) is 2.27. The first kappa shape index (κ1) is 12.8. The maximum absolute atomic E-state index is 13.0. The Kier molecular flexibility index (Phi) is 3.14. The largest absolute Gasteiger partial charge is 0.294 e. The van der Waals surface area contributed by atoms with E-state index >= 15 is 0 Å². The van der Waals surface area contributed by atoms with Gasteiger partial charge in [-0.05, 0) is 42.6 Å². The Morgan fingerprint density at radius 3 is 2.14 bits per heavy atom. The standard InChI is InChI=1S/C20H20O/c21-20(15-9-5-2-6-10-15)19-17-12-11-16(13-17)18(19)14-7-3-1-4-8-14/h1-10,16-19H,11-13H2/t16-,17-,18+,19-/m0/s1. The third-order valence-electron chi connectivity index (χ3n) is 5.46. The number of fused-ring (bicyclic) bond motifs is 2. The molecule has 2 aromatic carbocycles. The molecule has 2 aliphatic rings. The van der Waals surface area contributed by atoms with Crippen LogP contribution >= 0.6 is 0 Å². The van der Waals surface area contributed by atoms with Crippen LogP contribution in [0.1, 0.15) is 41.1 Å². The molecule has 106 valence electrons. The maximum Gasteiger partial charge on any atom is 0.166 e. The van der Waals surface area contributed by atoms with E-state index in [0.717, 1.165) is 5.56 Å². The first-order valence-electron chi connectivity index (χ1n) is 7.99. The summed E-state index contributed by atoms with van der Waals surface area (Å²) in [6.45, 7) is 0. The van der Waals surface area contributed by atoms with E-state index in [0.29, 0.717) is 23.5 Å². The number of hydrogen-bond acceptors (Lipinski definition) is 1. The van der Waals surface area contributed by atoms with Crippen LogP contribution in [0.4, 0.5) is 0 Å². The van der Waals surface area contributed by atoms with Crippen molar-refractivity contribution in [3.8, 4) is 0 Å². The summed E-state index contributed by atoms with van der Waals surface area (Å²) < 4.78 is 0. The lowest BCUT2D eigenvalue weighted by Crippen LogP contribution is -2.28. The smallest absolute Gasteiger partial charge is 0.166 e. The van der Waals surface area contributed by atoms with Gasteiger partial charge in [0.15, 0.2) is 5.78 Å². The molecule has 2 fully saturated rings. The van der Waals surface area contributed by atoms with Gasteiger partial charge in [0.1, 0.15) is 0 Å². The first-order valence-corrected chi connectivity index (χ1v) is 7.99. The molecule has 1 nitrogen and oxygen atoms in total. The van der Waals surface area contributed by atoms with E-state index in [1.54, 1.807) is 0 Å². The SMILES string of the molecule is O=C(c1ccccc1)[C@H]1[C@H]2CC[C@@H](C2)[C@H]1c1ccccc1. The molecular formula is C20H20O. The molecule has 2 aromatic rings. The average Bonchev–Trinajstić information content (AvgIpc) is 3.17. The van der Waals surface area contributed by atoms with Gasteiger partial charge < -0.3 is 0 Å². The van der Waals surface area contributed by atoms with Gasteiger partial charge in [-0.15, -0.1) is 0 Å². The number of carbonyl (C=O) groups is 1. The van der Waals surface area contributed by atoms with E-state index in [1.807, 2.05) is 30.3 Å². The van der Waals surface area contributed by atoms with Crippen molar-refractivity contribution in [3.63, 3.8) is 0 Å². The zero-order valence-electron chi connectivity index (χ0n) is 12.1. The predicted octanol–water partition coefficient (Wildman–Crippen LogP) is 4.70. The summed E-state index contributed by atoms with van der Waals surface area (Å²) >= 11 is 0.